The average molecular weight is 395 g/mol. The maximum atomic E-state index is 12.6. The Kier molecular flexibility index (Phi) is 5.83. The van der Waals surface area contributed by atoms with E-state index in [1.807, 2.05) is 18.2 Å². The van der Waals surface area contributed by atoms with Crippen molar-refractivity contribution in [1.82, 2.24) is 24.8 Å². The van der Waals surface area contributed by atoms with Crippen LogP contribution in [0.5, 0.6) is 0 Å². The number of pyridine rings is 1. The molecule has 0 aromatic carbocycles. The lowest BCUT2D eigenvalue weighted by atomic mass is 10.2. The first-order valence-corrected chi connectivity index (χ1v) is 9.94. The van der Waals surface area contributed by atoms with Crippen LogP contribution in [0.4, 0.5) is 11.8 Å². The Balaban J connectivity index is 1.23. The summed E-state index contributed by atoms with van der Waals surface area (Å²) in [5.41, 5.74) is 0. The van der Waals surface area contributed by atoms with E-state index in [2.05, 4.69) is 24.8 Å². The first-order valence-electron chi connectivity index (χ1n) is 9.94. The Labute approximate surface area is 170 Å². The van der Waals surface area contributed by atoms with Gasteiger partial charge in [-0.25, -0.2) is 15.0 Å². The molecule has 2 saturated heterocycles. The van der Waals surface area contributed by atoms with Crippen LogP contribution >= 0.6 is 0 Å². The molecular formula is C20H25N7O2. The van der Waals surface area contributed by atoms with Crippen molar-refractivity contribution in [3.63, 3.8) is 0 Å². The second-order valence-corrected chi connectivity index (χ2v) is 7.15. The topological polar surface area (TPSA) is 85.8 Å². The van der Waals surface area contributed by atoms with Crippen molar-refractivity contribution in [2.75, 3.05) is 62.2 Å². The lowest BCUT2D eigenvalue weighted by molar-refractivity contribution is -0.141. The van der Waals surface area contributed by atoms with E-state index < -0.39 is 0 Å². The highest BCUT2D eigenvalue weighted by molar-refractivity contribution is 5.97. The van der Waals surface area contributed by atoms with Crippen molar-refractivity contribution in [3.05, 3.63) is 42.9 Å². The minimum Gasteiger partial charge on any atom is -0.353 e. The number of anilines is 2. The van der Waals surface area contributed by atoms with Crippen molar-refractivity contribution >= 4 is 23.6 Å². The predicted molar refractivity (Wildman–Crippen MR) is 108 cm³/mol. The fraction of sp³-hybridized carbons (Fsp3) is 0.450. The number of nitrogens with zero attached hydrogens (tertiary/aromatic N) is 7. The van der Waals surface area contributed by atoms with Gasteiger partial charge in [-0.15, -0.1) is 0 Å². The molecule has 0 radical (unpaired) electrons. The molecule has 2 aliphatic heterocycles. The summed E-state index contributed by atoms with van der Waals surface area (Å²) in [5.74, 6) is 1.41. The number of hydrogen-bond acceptors (Lipinski definition) is 7. The maximum Gasteiger partial charge on any atom is 0.232 e. The van der Waals surface area contributed by atoms with Crippen LogP contribution in [0, 0.1) is 0 Å². The second kappa shape index (κ2) is 8.85. The molecule has 4 rings (SSSR count). The zero-order chi connectivity index (χ0) is 20.1. The average Bonchev–Trinajstić information content (AvgIpc) is 2.80. The summed E-state index contributed by atoms with van der Waals surface area (Å²) in [6, 6.07) is 7.61. The number of amides is 2. The van der Waals surface area contributed by atoms with Gasteiger partial charge in [-0.05, 0) is 18.2 Å². The molecule has 2 aromatic heterocycles. The number of carbonyl (C=O) groups excluding carboxylic acids is 2. The van der Waals surface area contributed by atoms with Crippen LogP contribution in [0.15, 0.2) is 42.9 Å². The van der Waals surface area contributed by atoms with Gasteiger partial charge in [0.15, 0.2) is 0 Å². The molecule has 2 aromatic rings. The highest BCUT2D eigenvalue weighted by Gasteiger charge is 2.27. The lowest BCUT2D eigenvalue weighted by Crippen LogP contribution is -2.52. The summed E-state index contributed by atoms with van der Waals surface area (Å²) in [5, 5.41) is 0. The second-order valence-electron chi connectivity index (χ2n) is 7.15. The van der Waals surface area contributed by atoms with E-state index >= 15 is 0 Å². The minimum absolute atomic E-state index is 0.0641. The Morgan fingerprint density at radius 1 is 0.690 bits per heavy atom. The molecule has 2 amide bonds. The van der Waals surface area contributed by atoms with Gasteiger partial charge in [0.1, 0.15) is 12.2 Å². The standard InChI is InChI=1S/C20H25N7O2/c28-18(25-10-8-24(9-11-25)17-4-1-2-5-21-17)16-19(29)26-12-14-27(15-13-26)20-22-6-3-7-23-20/h1-7H,8-16H2. The maximum absolute atomic E-state index is 12.6. The van der Waals surface area contributed by atoms with Gasteiger partial charge in [-0.1, -0.05) is 6.07 Å². The van der Waals surface area contributed by atoms with Crippen LogP contribution in [-0.4, -0.2) is 88.9 Å². The fourth-order valence-electron chi connectivity index (χ4n) is 3.69. The van der Waals surface area contributed by atoms with Crippen molar-refractivity contribution in [1.29, 1.82) is 0 Å². The molecule has 0 aliphatic carbocycles. The number of piperazine rings is 2. The van der Waals surface area contributed by atoms with Crippen LogP contribution in [0.25, 0.3) is 0 Å². The summed E-state index contributed by atoms with van der Waals surface area (Å²) < 4.78 is 0. The normalized spacial score (nSPS) is 17.4. The molecule has 9 heteroatoms. The summed E-state index contributed by atoms with van der Waals surface area (Å²) >= 11 is 0. The summed E-state index contributed by atoms with van der Waals surface area (Å²) in [6.45, 7) is 5.19. The Morgan fingerprint density at radius 2 is 1.24 bits per heavy atom. The van der Waals surface area contributed by atoms with Gasteiger partial charge in [0.2, 0.25) is 17.8 Å². The van der Waals surface area contributed by atoms with Crippen molar-refractivity contribution < 1.29 is 9.59 Å². The molecule has 0 spiro atoms. The number of hydrogen-bond donors (Lipinski definition) is 0. The summed E-state index contributed by atoms with van der Waals surface area (Å²) in [6.07, 6.45) is 5.14. The molecule has 0 unspecified atom stereocenters. The molecule has 0 atom stereocenters. The Morgan fingerprint density at radius 3 is 1.79 bits per heavy atom. The van der Waals surface area contributed by atoms with E-state index in [-0.39, 0.29) is 18.2 Å². The first kappa shape index (κ1) is 19.1. The molecule has 29 heavy (non-hydrogen) atoms. The van der Waals surface area contributed by atoms with Crippen LogP contribution in [0.3, 0.4) is 0 Å². The fourth-order valence-corrected chi connectivity index (χ4v) is 3.69. The molecule has 4 heterocycles. The highest BCUT2D eigenvalue weighted by Crippen LogP contribution is 2.14. The van der Waals surface area contributed by atoms with Gasteiger partial charge >= 0.3 is 0 Å². The zero-order valence-corrected chi connectivity index (χ0v) is 16.4. The van der Waals surface area contributed by atoms with Crippen LogP contribution in [0.2, 0.25) is 0 Å². The summed E-state index contributed by atoms with van der Waals surface area (Å²) in [7, 11) is 0. The largest absolute Gasteiger partial charge is 0.353 e. The third-order valence-corrected chi connectivity index (χ3v) is 5.38. The van der Waals surface area contributed by atoms with Crippen LogP contribution in [-0.2, 0) is 9.59 Å². The Bertz CT molecular complexity index is 748. The minimum atomic E-state index is -0.101. The van der Waals surface area contributed by atoms with Gasteiger partial charge in [0.25, 0.3) is 0 Å². The monoisotopic (exact) mass is 395 g/mol. The van der Waals surface area contributed by atoms with E-state index in [4.69, 9.17) is 0 Å². The summed E-state index contributed by atoms with van der Waals surface area (Å²) in [4.78, 5) is 45.8. The third kappa shape index (κ3) is 4.61. The molecule has 152 valence electrons. The first-order chi connectivity index (χ1) is 14.2. The highest BCUT2D eigenvalue weighted by atomic mass is 16.2. The van der Waals surface area contributed by atoms with E-state index in [0.29, 0.717) is 45.2 Å². The quantitative estimate of drug-likeness (QED) is 0.687. The van der Waals surface area contributed by atoms with E-state index in [0.717, 1.165) is 18.9 Å². The van der Waals surface area contributed by atoms with Crippen molar-refractivity contribution in [2.45, 2.75) is 6.42 Å². The van der Waals surface area contributed by atoms with E-state index in [1.165, 1.54) is 0 Å². The third-order valence-electron chi connectivity index (χ3n) is 5.38. The van der Waals surface area contributed by atoms with Crippen molar-refractivity contribution in [2.24, 2.45) is 0 Å². The van der Waals surface area contributed by atoms with Gasteiger partial charge in [0, 0.05) is 70.9 Å². The molecule has 9 nitrogen and oxygen atoms in total. The van der Waals surface area contributed by atoms with Gasteiger partial charge in [0.05, 0.1) is 0 Å². The van der Waals surface area contributed by atoms with E-state index in [1.54, 1.807) is 34.5 Å². The smallest absolute Gasteiger partial charge is 0.232 e. The Hall–Kier alpha value is -3.23. The van der Waals surface area contributed by atoms with E-state index in [9.17, 15) is 9.59 Å². The SMILES string of the molecule is O=C(CC(=O)N1CCN(c2ncccn2)CC1)N1CCN(c2ccccn2)CC1. The van der Waals surface area contributed by atoms with Crippen LogP contribution < -0.4 is 9.80 Å². The van der Waals surface area contributed by atoms with Gasteiger partial charge in [-0.2, -0.15) is 0 Å². The lowest BCUT2D eigenvalue weighted by Gasteiger charge is -2.37. The number of rotatable bonds is 4. The molecule has 2 aliphatic rings. The molecule has 2 fully saturated rings. The molecule has 0 N–H and O–H groups in total. The van der Waals surface area contributed by atoms with Gasteiger partial charge < -0.3 is 19.6 Å². The van der Waals surface area contributed by atoms with Gasteiger partial charge in [-0.3, -0.25) is 9.59 Å². The number of carbonyl (C=O) groups is 2. The zero-order valence-electron chi connectivity index (χ0n) is 16.4. The van der Waals surface area contributed by atoms with Crippen LogP contribution in [0.1, 0.15) is 6.42 Å². The van der Waals surface area contributed by atoms with Crippen molar-refractivity contribution in [3.8, 4) is 0 Å². The molecular weight excluding hydrogens is 370 g/mol. The number of aromatic nitrogens is 3. The molecule has 0 saturated carbocycles. The predicted octanol–water partition coefficient (Wildman–Crippen LogP) is 0.259. The molecule has 0 bridgehead atoms.